The molecule has 0 fully saturated rings. The lowest BCUT2D eigenvalue weighted by Crippen LogP contribution is -2.17. The summed E-state index contributed by atoms with van der Waals surface area (Å²) < 4.78 is 0. The van der Waals surface area contributed by atoms with Crippen LogP contribution in [0.3, 0.4) is 0 Å². The molecule has 0 radical (unpaired) electrons. The van der Waals surface area contributed by atoms with E-state index in [1.165, 1.54) is 33.4 Å². The molecule has 0 spiro atoms. The molecular weight excluding hydrogens is 266 g/mol. The van der Waals surface area contributed by atoms with Gasteiger partial charge in [-0.15, -0.1) is 0 Å². The van der Waals surface area contributed by atoms with E-state index in [1.54, 1.807) is 0 Å². The third-order valence-electron chi connectivity index (χ3n) is 4.58. The summed E-state index contributed by atoms with van der Waals surface area (Å²) >= 11 is 6.09. The summed E-state index contributed by atoms with van der Waals surface area (Å²) in [4.78, 5) is 0. The maximum absolute atomic E-state index is 6.52. The van der Waals surface area contributed by atoms with Crippen molar-refractivity contribution >= 4 is 11.6 Å². The largest absolute Gasteiger partial charge is 0.320 e. The zero-order valence-electron chi connectivity index (χ0n) is 12.8. The molecule has 0 aromatic heterocycles. The van der Waals surface area contributed by atoms with Gasteiger partial charge in [0.2, 0.25) is 0 Å². The molecule has 2 heteroatoms. The quantitative estimate of drug-likeness (QED) is 0.833. The van der Waals surface area contributed by atoms with Gasteiger partial charge >= 0.3 is 0 Å². The Balaban J connectivity index is 2.64. The molecule has 1 atom stereocenters. The molecule has 2 aromatic rings. The molecule has 0 aliphatic rings. The lowest BCUT2D eigenvalue weighted by Gasteiger charge is -2.23. The molecular formula is C18H22ClN. The summed E-state index contributed by atoms with van der Waals surface area (Å²) in [6, 6.07) is 7.70. The first-order valence-corrected chi connectivity index (χ1v) is 7.30. The van der Waals surface area contributed by atoms with Crippen LogP contribution in [-0.4, -0.2) is 0 Å². The molecule has 2 rings (SSSR count). The first-order chi connectivity index (χ1) is 9.34. The highest BCUT2D eigenvalue weighted by Gasteiger charge is 2.19. The van der Waals surface area contributed by atoms with Crippen LogP contribution < -0.4 is 5.73 Å². The van der Waals surface area contributed by atoms with Crippen molar-refractivity contribution in [2.45, 2.75) is 40.7 Å². The fraction of sp³-hybridized carbons (Fsp3) is 0.333. The molecule has 2 aromatic carbocycles. The van der Waals surface area contributed by atoms with Crippen LogP contribution in [0, 0.1) is 34.6 Å². The Bertz CT molecular complexity index is 630. The van der Waals surface area contributed by atoms with Crippen molar-refractivity contribution in [3.63, 3.8) is 0 Å². The van der Waals surface area contributed by atoms with Gasteiger partial charge in [-0.2, -0.15) is 0 Å². The highest BCUT2D eigenvalue weighted by atomic mass is 35.5. The molecule has 106 valence electrons. The van der Waals surface area contributed by atoms with Crippen LogP contribution in [-0.2, 0) is 0 Å². The average molecular weight is 288 g/mol. The van der Waals surface area contributed by atoms with Crippen molar-refractivity contribution in [1.29, 1.82) is 0 Å². The van der Waals surface area contributed by atoms with Gasteiger partial charge in [-0.25, -0.2) is 0 Å². The van der Waals surface area contributed by atoms with Crippen molar-refractivity contribution in [3.05, 3.63) is 68.2 Å². The van der Waals surface area contributed by atoms with Gasteiger partial charge in [-0.1, -0.05) is 23.7 Å². The number of halogens is 1. The summed E-state index contributed by atoms with van der Waals surface area (Å²) in [5.74, 6) is 0. The van der Waals surface area contributed by atoms with Gasteiger partial charge in [0.05, 0.1) is 6.04 Å². The first kappa shape index (κ1) is 15.1. The molecule has 1 nitrogen and oxygen atoms in total. The zero-order chi connectivity index (χ0) is 15.0. The van der Waals surface area contributed by atoms with E-state index in [1.807, 2.05) is 24.3 Å². The van der Waals surface area contributed by atoms with Crippen molar-refractivity contribution in [3.8, 4) is 0 Å². The van der Waals surface area contributed by atoms with E-state index in [-0.39, 0.29) is 6.04 Å². The molecule has 20 heavy (non-hydrogen) atoms. The SMILES string of the molecule is Cc1c(C)c(C)c(C(N)c2cccc(Cl)c2)c(C)c1C. The summed E-state index contributed by atoms with van der Waals surface area (Å²) in [6.07, 6.45) is 0. The number of rotatable bonds is 2. The van der Waals surface area contributed by atoms with E-state index < -0.39 is 0 Å². The Morgan fingerprint density at radius 2 is 1.35 bits per heavy atom. The van der Waals surface area contributed by atoms with Gasteiger partial charge in [-0.3, -0.25) is 0 Å². The Labute approximate surface area is 126 Å². The van der Waals surface area contributed by atoms with Crippen LogP contribution in [0.15, 0.2) is 24.3 Å². The van der Waals surface area contributed by atoms with Crippen molar-refractivity contribution in [2.75, 3.05) is 0 Å². The van der Waals surface area contributed by atoms with E-state index in [2.05, 4.69) is 34.6 Å². The van der Waals surface area contributed by atoms with Crippen LogP contribution >= 0.6 is 11.6 Å². The summed E-state index contributed by atoms with van der Waals surface area (Å²) in [5.41, 5.74) is 15.4. The second-order valence-electron chi connectivity index (χ2n) is 5.57. The Morgan fingerprint density at radius 1 is 0.850 bits per heavy atom. The minimum atomic E-state index is -0.133. The van der Waals surface area contributed by atoms with E-state index in [0.717, 1.165) is 10.6 Å². The average Bonchev–Trinajstić information content (AvgIpc) is 2.43. The fourth-order valence-electron chi connectivity index (χ4n) is 2.86. The Morgan fingerprint density at radius 3 is 1.85 bits per heavy atom. The summed E-state index contributed by atoms with van der Waals surface area (Å²) in [5, 5.41) is 0.730. The normalized spacial score (nSPS) is 12.6. The van der Waals surface area contributed by atoms with Crippen LogP contribution in [0.4, 0.5) is 0 Å². The lowest BCUT2D eigenvalue weighted by molar-refractivity contribution is 0.843. The predicted molar refractivity (Wildman–Crippen MR) is 87.6 cm³/mol. The molecule has 0 amide bonds. The standard InChI is InChI=1S/C18H22ClN/c1-10-11(2)13(4)17(14(5)12(10)3)18(20)15-7-6-8-16(19)9-15/h6-9,18H,20H2,1-5H3. The van der Waals surface area contributed by atoms with Gasteiger partial charge in [0.1, 0.15) is 0 Å². The minimum absolute atomic E-state index is 0.133. The maximum Gasteiger partial charge on any atom is 0.0557 e. The summed E-state index contributed by atoms with van der Waals surface area (Å²) in [7, 11) is 0. The Kier molecular flexibility index (Phi) is 4.22. The fourth-order valence-corrected chi connectivity index (χ4v) is 3.06. The molecule has 0 aliphatic heterocycles. The molecule has 1 unspecified atom stereocenters. The van der Waals surface area contributed by atoms with Gasteiger partial charge in [0, 0.05) is 5.02 Å². The first-order valence-electron chi connectivity index (χ1n) is 6.92. The molecule has 0 aliphatic carbocycles. The number of nitrogens with two attached hydrogens (primary N) is 1. The van der Waals surface area contributed by atoms with Crippen LogP contribution in [0.5, 0.6) is 0 Å². The minimum Gasteiger partial charge on any atom is -0.320 e. The van der Waals surface area contributed by atoms with Crippen LogP contribution in [0.25, 0.3) is 0 Å². The molecule has 0 saturated carbocycles. The molecule has 0 saturated heterocycles. The predicted octanol–water partition coefficient (Wildman–Crippen LogP) is 4.93. The van der Waals surface area contributed by atoms with Gasteiger partial charge < -0.3 is 5.73 Å². The number of hydrogen-bond acceptors (Lipinski definition) is 1. The molecule has 0 bridgehead atoms. The van der Waals surface area contributed by atoms with E-state index in [9.17, 15) is 0 Å². The van der Waals surface area contributed by atoms with Gasteiger partial charge in [0.15, 0.2) is 0 Å². The maximum atomic E-state index is 6.52. The molecule has 0 heterocycles. The van der Waals surface area contributed by atoms with Gasteiger partial charge in [-0.05, 0) is 85.7 Å². The number of benzene rings is 2. The van der Waals surface area contributed by atoms with Crippen molar-refractivity contribution in [1.82, 2.24) is 0 Å². The third-order valence-corrected chi connectivity index (χ3v) is 4.81. The van der Waals surface area contributed by atoms with E-state index in [4.69, 9.17) is 17.3 Å². The monoisotopic (exact) mass is 287 g/mol. The highest BCUT2D eigenvalue weighted by Crippen LogP contribution is 2.32. The molecule has 2 N–H and O–H groups in total. The van der Waals surface area contributed by atoms with Crippen molar-refractivity contribution < 1.29 is 0 Å². The number of hydrogen-bond donors (Lipinski definition) is 1. The topological polar surface area (TPSA) is 26.0 Å². The third kappa shape index (κ3) is 2.48. The zero-order valence-corrected chi connectivity index (χ0v) is 13.6. The smallest absolute Gasteiger partial charge is 0.0557 e. The van der Waals surface area contributed by atoms with Gasteiger partial charge in [0.25, 0.3) is 0 Å². The van der Waals surface area contributed by atoms with Crippen LogP contribution in [0.1, 0.15) is 45.0 Å². The van der Waals surface area contributed by atoms with Crippen molar-refractivity contribution in [2.24, 2.45) is 5.73 Å². The second kappa shape index (κ2) is 5.59. The second-order valence-corrected chi connectivity index (χ2v) is 6.01. The highest BCUT2D eigenvalue weighted by molar-refractivity contribution is 6.30. The lowest BCUT2D eigenvalue weighted by atomic mass is 9.84. The van der Waals surface area contributed by atoms with E-state index >= 15 is 0 Å². The summed E-state index contributed by atoms with van der Waals surface area (Å²) in [6.45, 7) is 10.8. The Hall–Kier alpha value is -1.31. The van der Waals surface area contributed by atoms with E-state index in [0.29, 0.717) is 0 Å². The van der Waals surface area contributed by atoms with Crippen LogP contribution in [0.2, 0.25) is 5.02 Å².